The van der Waals surface area contributed by atoms with Gasteiger partial charge in [0.05, 0.1) is 7.11 Å². The van der Waals surface area contributed by atoms with Crippen LogP contribution in [0.3, 0.4) is 0 Å². The number of hydrogen-bond donors (Lipinski definition) is 1. The highest BCUT2D eigenvalue weighted by atomic mass is 16.5. The maximum atomic E-state index is 10.9. The van der Waals surface area contributed by atoms with Crippen LogP contribution in [0.5, 0.6) is 5.75 Å². The molecule has 4 nitrogen and oxygen atoms in total. The second-order valence-corrected chi connectivity index (χ2v) is 4.08. The smallest absolute Gasteiger partial charge is 0.328 e. The second-order valence-electron chi connectivity index (χ2n) is 4.08. The molecule has 1 aromatic carbocycles. The van der Waals surface area contributed by atoms with Gasteiger partial charge in [0.15, 0.2) is 0 Å². The van der Waals surface area contributed by atoms with Crippen LogP contribution in [-0.2, 0) is 4.79 Å². The number of rotatable bonds is 5. The predicted molar refractivity (Wildman–Crippen MR) is 66.8 cm³/mol. The molecule has 92 valence electrons. The van der Waals surface area contributed by atoms with E-state index in [4.69, 9.17) is 9.84 Å². The van der Waals surface area contributed by atoms with Gasteiger partial charge in [-0.25, -0.2) is 4.79 Å². The molecule has 17 heavy (non-hydrogen) atoms. The number of carboxylic acid groups (broad SMARTS) is 1. The highest BCUT2D eigenvalue weighted by molar-refractivity contribution is 5.83. The molecular formula is C13H17NO3. The van der Waals surface area contributed by atoms with Crippen molar-refractivity contribution in [3.63, 3.8) is 0 Å². The van der Waals surface area contributed by atoms with Crippen molar-refractivity contribution in [1.29, 1.82) is 0 Å². The second kappa shape index (κ2) is 6.03. The van der Waals surface area contributed by atoms with Gasteiger partial charge in [0.25, 0.3) is 0 Å². The van der Waals surface area contributed by atoms with Gasteiger partial charge in [-0.1, -0.05) is 13.8 Å². The number of ether oxygens (including phenoxy) is 1. The van der Waals surface area contributed by atoms with Crippen LogP contribution < -0.4 is 4.74 Å². The Kier molecular flexibility index (Phi) is 4.69. The summed E-state index contributed by atoms with van der Waals surface area (Å²) in [6.07, 6.45) is 1.58. The number of aliphatic imine (C=N–C) groups is 1. The molecule has 0 bridgehead atoms. The summed E-state index contributed by atoms with van der Waals surface area (Å²) < 4.78 is 5.03. The van der Waals surface area contributed by atoms with E-state index in [-0.39, 0.29) is 5.92 Å². The van der Waals surface area contributed by atoms with E-state index < -0.39 is 12.0 Å². The molecule has 1 N–H and O–H groups in total. The largest absolute Gasteiger partial charge is 0.497 e. The summed E-state index contributed by atoms with van der Waals surface area (Å²) in [6, 6.07) is 6.60. The molecular weight excluding hydrogens is 218 g/mol. The number of carboxylic acids is 1. The molecule has 0 aromatic heterocycles. The van der Waals surface area contributed by atoms with Crippen molar-refractivity contribution in [3.05, 3.63) is 29.8 Å². The molecule has 0 spiro atoms. The van der Waals surface area contributed by atoms with E-state index in [0.717, 1.165) is 11.3 Å². The summed E-state index contributed by atoms with van der Waals surface area (Å²) >= 11 is 0. The average Bonchev–Trinajstić information content (AvgIpc) is 2.29. The van der Waals surface area contributed by atoms with E-state index >= 15 is 0 Å². The zero-order valence-corrected chi connectivity index (χ0v) is 10.3. The topological polar surface area (TPSA) is 58.9 Å². The van der Waals surface area contributed by atoms with Crippen LogP contribution in [-0.4, -0.2) is 30.4 Å². The Hall–Kier alpha value is -1.84. The first-order valence-electron chi connectivity index (χ1n) is 5.44. The van der Waals surface area contributed by atoms with Crippen LogP contribution in [0.2, 0.25) is 0 Å². The summed E-state index contributed by atoms with van der Waals surface area (Å²) in [6.45, 7) is 3.67. The number of benzene rings is 1. The first kappa shape index (κ1) is 13.2. The lowest BCUT2D eigenvalue weighted by atomic mass is 10.1. The first-order valence-corrected chi connectivity index (χ1v) is 5.44. The molecule has 1 aromatic rings. The first-order chi connectivity index (χ1) is 8.04. The maximum Gasteiger partial charge on any atom is 0.328 e. The Bertz CT molecular complexity index is 396. The van der Waals surface area contributed by atoms with E-state index in [1.54, 1.807) is 13.3 Å². The monoisotopic (exact) mass is 235 g/mol. The predicted octanol–water partition coefficient (Wildman–Crippen LogP) is 2.22. The Morgan fingerprint density at radius 2 is 1.94 bits per heavy atom. The molecule has 1 rings (SSSR count). The standard InChI is InChI=1S/C13H17NO3/c1-9(2)12(13(15)16)14-8-10-4-6-11(17-3)7-5-10/h4-9,12H,1-3H3,(H,15,16)/t12-/m0/s1. The minimum absolute atomic E-state index is 0.0259. The zero-order chi connectivity index (χ0) is 12.8. The van der Waals surface area contributed by atoms with Gasteiger partial charge >= 0.3 is 5.97 Å². The minimum atomic E-state index is -0.898. The Labute approximate surface area is 101 Å². The average molecular weight is 235 g/mol. The van der Waals surface area contributed by atoms with Crippen molar-refractivity contribution in [2.24, 2.45) is 10.9 Å². The van der Waals surface area contributed by atoms with Crippen molar-refractivity contribution in [2.45, 2.75) is 19.9 Å². The van der Waals surface area contributed by atoms with E-state index in [9.17, 15) is 4.79 Å². The Balaban J connectivity index is 2.77. The van der Waals surface area contributed by atoms with E-state index in [1.807, 2.05) is 38.1 Å². The van der Waals surface area contributed by atoms with Crippen LogP contribution in [0.4, 0.5) is 0 Å². The van der Waals surface area contributed by atoms with Gasteiger partial charge in [-0.3, -0.25) is 4.99 Å². The fourth-order valence-corrected chi connectivity index (χ4v) is 1.38. The summed E-state index contributed by atoms with van der Waals surface area (Å²) in [5.74, 6) is -0.160. The quantitative estimate of drug-likeness (QED) is 0.796. The van der Waals surface area contributed by atoms with Gasteiger partial charge in [0.2, 0.25) is 0 Å². The molecule has 0 fully saturated rings. The highest BCUT2D eigenvalue weighted by Crippen LogP contribution is 2.11. The summed E-state index contributed by atoms with van der Waals surface area (Å²) in [4.78, 5) is 15.0. The van der Waals surface area contributed by atoms with Crippen LogP contribution in [0.15, 0.2) is 29.3 Å². The molecule has 0 aliphatic rings. The third kappa shape index (κ3) is 3.90. The lowest BCUT2D eigenvalue weighted by molar-refractivity contribution is -0.139. The van der Waals surface area contributed by atoms with Crippen LogP contribution in [0.1, 0.15) is 19.4 Å². The molecule has 0 saturated carbocycles. The van der Waals surface area contributed by atoms with Gasteiger partial charge in [0.1, 0.15) is 11.8 Å². The number of carbonyl (C=O) groups is 1. The number of aliphatic carboxylic acids is 1. The van der Waals surface area contributed by atoms with Crippen molar-refractivity contribution in [1.82, 2.24) is 0 Å². The molecule has 0 aliphatic carbocycles. The van der Waals surface area contributed by atoms with Crippen molar-refractivity contribution < 1.29 is 14.6 Å². The summed E-state index contributed by atoms with van der Waals surface area (Å²) in [5.41, 5.74) is 0.859. The molecule has 1 atom stereocenters. The maximum absolute atomic E-state index is 10.9. The zero-order valence-electron chi connectivity index (χ0n) is 10.3. The molecule has 0 saturated heterocycles. The van der Waals surface area contributed by atoms with Crippen LogP contribution >= 0.6 is 0 Å². The molecule has 0 unspecified atom stereocenters. The van der Waals surface area contributed by atoms with Crippen LogP contribution in [0, 0.1) is 5.92 Å². The van der Waals surface area contributed by atoms with Gasteiger partial charge < -0.3 is 9.84 Å². The lowest BCUT2D eigenvalue weighted by Gasteiger charge is -2.10. The van der Waals surface area contributed by atoms with Gasteiger partial charge in [-0.2, -0.15) is 0 Å². The fraction of sp³-hybridized carbons (Fsp3) is 0.385. The molecule has 0 amide bonds. The van der Waals surface area contributed by atoms with Crippen molar-refractivity contribution >= 4 is 12.2 Å². The van der Waals surface area contributed by atoms with Gasteiger partial charge in [-0.15, -0.1) is 0 Å². The fourth-order valence-electron chi connectivity index (χ4n) is 1.38. The number of methoxy groups -OCH3 is 1. The van der Waals surface area contributed by atoms with E-state index in [0.29, 0.717) is 0 Å². The molecule has 0 radical (unpaired) electrons. The van der Waals surface area contributed by atoms with Crippen LogP contribution in [0.25, 0.3) is 0 Å². The Morgan fingerprint density at radius 3 is 2.35 bits per heavy atom. The minimum Gasteiger partial charge on any atom is -0.497 e. The third-order valence-electron chi connectivity index (χ3n) is 2.38. The van der Waals surface area contributed by atoms with Crippen molar-refractivity contribution in [2.75, 3.05) is 7.11 Å². The third-order valence-corrected chi connectivity index (χ3v) is 2.38. The summed E-state index contributed by atoms with van der Waals surface area (Å²) in [5, 5.41) is 8.97. The highest BCUT2D eigenvalue weighted by Gasteiger charge is 2.19. The molecule has 4 heteroatoms. The molecule has 0 aliphatic heterocycles. The Morgan fingerprint density at radius 1 is 1.35 bits per heavy atom. The van der Waals surface area contributed by atoms with Gasteiger partial charge in [-0.05, 0) is 35.7 Å². The van der Waals surface area contributed by atoms with Gasteiger partial charge in [0, 0.05) is 6.21 Å². The van der Waals surface area contributed by atoms with E-state index in [1.165, 1.54) is 0 Å². The van der Waals surface area contributed by atoms with E-state index in [2.05, 4.69) is 4.99 Å². The number of nitrogens with zero attached hydrogens (tertiary/aromatic N) is 1. The van der Waals surface area contributed by atoms with Crippen molar-refractivity contribution in [3.8, 4) is 5.75 Å². The number of hydrogen-bond acceptors (Lipinski definition) is 3. The summed E-state index contributed by atoms with van der Waals surface area (Å²) in [7, 11) is 1.60. The SMILES string of the molecule is COc1ccc(C=N[C@H](C(=O)O)C(C)C)cc1. The lowest BCUT2D eigenvalue weighted by Crippen LogP contribution is -2.24. The molecule has 0 heterocycles. The normalized spacial score (nSPS) is 12.9.